The molecule has 2 amide bonds. The minimum Gasteiger partial charge on any atom is -0.351 e. The highest BCUT2D eigenvalue weighted by atomic mass is 16.2. The van der Waals surface area contributed by atoms with E-state index in [0.29, 0.717) is 13.1 Å². The average molecular weight is 304 g/mol. The normalized spacial score (nSPS) is 11.9. The summed E-state index contributed by atoms with van der Waals surface area (Å²) in [6.45, 7) is 12.1. The third-order valence-electron chi connectivity index (χ3n) is 3.48. The van der Waals surface area contributed by atoms with Gasteiger partial charge in [-0.1, -0.05) is 30.3 Å². The SMILES string of the molecule is CCN(Cc1ccccc1)C(=O)C(C)(C)C(=O)NC(C)(C)C. The zero-order chi connectivity index (χ0) is 17.0. The monoisotopic (exact) mass is 304 g/mol. The molecule has 0 atom stereocenters. The van der Waals surface area contributed by atoms with Gasteiger partial charge < -0.3 is 10.2 Å². The van der Waals surface area contributed by atoms with Gasteiger partial charge >= 0.3 is 0 Å². The van der Waals surface area contributed by atoms with E-state index in [4.69, 9.17) is 0 Å². The number of hydrogen-bond acceptors (Lipinski definition) is 2. The summed E-state index contributed by atoms with van der Waals surface area (Å²) in [6, 6.07) is 9.81. The number of carbonyl (C=O) groups excluding carboxylic acids is 2. The van der Waals surface area contributed by atoms with Crippen LogP contribution < -0.4 is 5.32 Å². The van der Waals surface area contributed by atoms with Crippen molar-refractivity contribution in [3.05, 3.63) is 35.9 Å². The quantitative estimate of drug-likeness (QED) is 0.850. The van der Waals surface area contributed by atoms with Crippen LogP contribution in [0.1, 0.15) is 47.1 Å². The number of hydrogen-bond donors (Lipinski definition) is 1. The van der Waals surface area contributed by atoms with Gasteiger partial charge in [-0.3, -0.25) is 9.59 Å². The number of rotatable bonds is 5. The lowest BCUT2D eigenvalue weighted by atomic mass is 9.88. The molecule has 0 unspecified atom stereocenters. The topological polar surface area (TPSA) is 49.4 Å². The van der Waals surface area contributed by atoms with Crippen LogP contribution in [0.25, 0.3) is 0 Å². The zero-order valence-corrected chi connectivity index (χ0v) is 14.6. The first-order chi connectivity index (χ1) is 10.1. The van der Waals surface area contributed by atoms with Crippen LogP contribution in [0.5, 0.6) is 0 Å². The van der Waals surface area contributed by atoms with Gasteiger partial charge in [0.1, 0.15) is 5.41 Å². The second-order valence-corrected chi connectivity index (χ2v) is 7.13. The van der Waals surface area contributed by atoms with E-state index in [1.54, 1.807) is 18.7 Å². The van der Waals surface area contributed by atoms with Crippen LogP contribution in [0.3, 0.4) is 0 Å². The summed E-state index contributed by atoms with van der Waals surface area (Å²) < 4.78 is 0. The molecular formula is C18H28N2O2. The summed E-state index contributed by atoms with van der Waals surface area (Å²) in [6.07, 6.45) is 0. The smallest absolute Gasteiger partial charge is 0.237 e. The van der Waals surface area contributed by atoms with Crippen LogP contribution in [-0.4, -0.2) is 28.8 Å². The summed E-state index contributed by atoms with van der Waals surface area (Å²) in [5, 5.41) is 2.90. The molecule has 0 aliphatic rings. The standard InChI is InChI=1S/C18H28N2O2/c1-7-20(13-14-11-9-8-10-12-14)16(22)18(5,6)15(21)19-17(2,3)4/h8-12H,7,13H2,1-6H3,(H,19,21). The first-order valence-electron chi connectivity index (χ1n) is 7.74. The van der Waals surface area contributed by atoms with Gasteiger partial charge in [-0.25, -0.2) is 0 Å². The molecule has 0 heterocycles. The maximum Gasteiger partial charge on any atom is 0.237 e. The Bertz CT molecular complexity index is 516. The lowest BCUT2D eigenvalue weighted by Gasteiger charge is -2.33. The fourth-order valence-electron chi connectivity index (χ4n) is 2.12. The van der Waals surface area contributed by atoms with Crippen LogP contribution in [0.2, 0.25) is 0 Å². The van der Waals surface area contributed by atoms with E-state index in [-0.39, 0.29) is 17.4 Å². The minimum absolute atomic E-state index is 0.152. The minimum atomic E-state index is -1.09. The van der Waals surface area contributed by atoms with Gasteiger partial charge in [-0.05, 0) is 47.1 Å². The third-order valence-corrected chi connectivity index (χ3v) is 3.48. The molecule has 1 N–H and O–H groups in total. The van der Waals surface area contributed by atoms with Crippen LogP contribution in [0.4, 0.5) is 0 Å². The van der Waals surface area contributed by atoms with Crippen molar-refractivity contribution in [3.8, 4) is 0 Å². The predicted molar refractivity (Wildman–Crippen MR) is 89.2 cm³/mol. The average Bonchev–Trinajstić information content (AvgIpc) is 2.43. The van der Waals surface area contributed by atoms with Gasteiger partial charge in [-0.15, -0.1) is 0 Å². The molecule has 0 bridgehead atoms. The number of nitrogens with one attached hydrogen (secondary N) is 1. The maximum absolute atomic E-state index is 12.8. The molecule has 0 fully saturated rings. The summed E-state index contributed by atoms with van der Waals surface area (Å²) in [5.74, 6) is -0.392. The van der Waals surface area contributed by atoms with Gasteiger partial charge in [0.05, 0.1) is 0 Å². The molecule has 0 saturated heterocycles. The summed E-state index contributed by atoms with van der Waals surface area (Å²) in [4.78, 5) is 26.9. The first kappa shape index (κ1) is 18.2. The molecule has 0 radical (unpaired) electrons. The van der Waals surface area contributed by atoms with E-state index >= 15 is 0 Å². The molecular weight excluding hydrogens is 276 g/mol. The van der Waals surface area contributed by atoms with Crippen molar-refractivity contribution in [2.24, 2.45) is 5.41 Å². The van der Waals surface area contributed by atoms with Gasteiger partial charge in [0.15, 0.2) is 0 Å². The Morgan fingerprint density at radius 1 is 1.05 bits per heavy atom. The molecule has 1 rings (SSSR count). The third kappa shape index (κ3) is 4.86. The Balaban J connectivity index is 2.87. The highest BCUT2D eigenvalue weighted by Gasteiger charge is 2.40. The van der Waals surface area contributed by atoms with Gasteiger partial charge in [0.25, 0.3) is 0 Å². The molecule has 22 heavy (non-hydrogen) atoms. The summed E-state index contributed by atoms with van der Waals surface area (Å²) in [7, 11) is 0. The van der Waals surface area contributed by atoms with Crippen molar-refractivity contribution >= 4 is 11.8 Å². The van der Waals surface area contributed by atoms with Crippen molar-refractivity contribution in [1.29, 1.82) is 0 Å². The molecule has 4 heteroatoms. The zero-order valence-electron chi connectivity index (χ0n) is 14.6. The molecule has 0 spiro atoms. The van der Waals surface area contributed by atoms with E-state index < -0.39 is 5.41 Å². The van der Waals surface area contributed by atoms with Crippen LogP contribution in [0, 0.1) is 5.41 Å². The Labute approximate surface area is 133 Å². The molecule has 4 nitrogen and oxygen atoms in total. The summed E-state index contributed by atoms with van der Waals surface area (Å²) in [5.41, 5.74) is -0.381. The van der Waals surface area contributed by atoms with E-state index in [1.165, 1.54) is 0 Å². The van der Waals surface area contributed by atoms with Crippen molar-refractivity contribution in [2.45, 2.75) is 53.6 Å². The van der Waals surface area contributed by atoms with E-state index in [1.807, 2.05) is 58.0 Å². The maximum atomic E-state index is 12.8. The second kappa shape index (κ2) is 6.95. The van der Waals surface area contributed by atoms with Crippen molar-refractivity contribution in [1.82, 2.24) is 10.2 Å². The Morgan fingerprint density at radius 3 is 2.05 bits per heavy atom. The molecule has 0 aliphatic heterocycles. The number of nitrogens with zero attached hydrogens (tertiary/aromatic N) is 1. The highest BCUT2D eigenvalue weighted by molar-refractivity contribution is 6.04. The number of amides is 2. The summed E-state index contributed by atoms with van der Waals surface area (Å²) >= 11 is 0. The van der Waals surface area contributed by atoms with Crippen molar-refractivity contribution in [3.63, 3.8) is 0 Å². The molecule has 122 valence electrons. The van der Waals surface area contributed by atoms with Crippen LogP contribution >= 0.6 is 0 Å². The van der Waals surface area contributed by atoms with Crippen molar-refractivity contribution < 1.29 is 9.59 Å². The fourth-order valence-corrected chi connectivity index (χ4v) is 2.12. The highest BCUT2D eigenvalue weighted by Crippen LogP contribution is 2.22. The number of benzene rings is 1. The second-order valence-electron chi connectivity index (χ2n) is 7.13. The molecule has 1 aromatic rings. The predicted octanol–water partition coefficient (Wildman–Crippen LogP) is 2.98. The first-order valence-corrected chi connectivity index (χ1v) is 7.74. The number of carbonyl (C=O) groups is 2. The van der Waals surface area contributed by atoms with Crippen LogP contribution in [0.15, 0.2) is 30.3 Å². The van der Waals surface area contributed by atoms with Gasteiger partial charge in [0, 0.05) is 18.6 Å². The van der Waals surface area contributed by atoms with E-state index in [0.717, 1.165) is 5.56 Å². The van der Waals surface area contributed by atoms with Crippen LogP contribution in [-0.2, 0) is 16.1 Å². The molecule has 0 aromatic heterocycles. The molecule has 0 saturated carbocycles. The van der Waals surface area contributed by atoms with Crippen molar-refractivity contribution in [2.75, 3.05) is 6.54 Å². The fraction of sp³-hybridized carbons (Fsp3) is 0.556. The van der Waals surface area contributed by atoms with Gasteiger partial charge in [0.2, 0.25) is 11.8 Å². The lowest BCUT2D eigenvalue weighted by Crippen LogP contribution is -2.53. The molecule has 1 aromatic carbocycles. The van der Waals surface area contributed by atoms with Gasteiger partial charge in [-0.2, -0.15) is 0 Å². The largest absolute Gasteiger partial charge is 0.351 e. The molecule has 0 aliphatic carbocycles. The van der Waals surface area contributed by atoms with E-state index in [2.05, 4.69) is 5.32 Å². The Kier molecular flexibility index (Phi) is 5.75. The Hall–Kier alpha value is -1.84. The van der Waals surface area contributed by atoms with E-state index in [9.17, 15) is 9.59 Å². The lowest BCUT2D eigenvalue weighted by molar-refractivity contribution is -0.149. The Morgan fingerprint density at radius 2 is 1.59 bits per heavy atom.